The van der Waals surface area contributed by atoms with Gasteiger partial charge in [-0.1, -0.05) is 30.3 Å². The van der Waals surface area contributed by atoms with Crippen molar-refractivity contribution in [2.45, 2.75) is 13.0 Å². The second-order valence-electron chi connectivity index (χ2n) is 6.09. The summed E-state index contributed by atoms with van der Waals surface area (Å²) in [6.07, 6.45) is 1.95. The van der Waals surface area contributed by atoms with Crippen molar-refractivity contribution in [1.82, 2.24) is 14.0 Å². The number of imidazole rings is 2. The third-order valence-corrected chi connectivity index (χ3v) is 4.61. The van der Waals surface area contributed by atoms with E-state index in [-0.39, 0.29) is 5.97 Å². The van der Waals surface area contributed by atoms with Gasteiger partial charge in [-0.25, -0.2) is 9.78 Å². The lowest BCUT2D eigenvalue weighted by atomic mass is 10.1. The highest BCUT2D eigenvalue weighted by Gasteiger charge is 2.23. The number of carbonyl (C=O) groups is 1. The molecule has 0 N–H and O–H groups in total. The van der Waals surface area contributed by atoms with Crippen molar-refractivity contribution in [3.05, 3.63) is 54.7 Å². The molecule has 2 aromatic heterocycles. The molecule has 6 heteroatoms. The van der Waals surface area contributed by atoms with Crippen LogP contribution in [0.3, 0.4) is 0 Å². The Hall–Kier alpha value is -3.28. The van der Waals surface area contributed by atoms with Crippen LogP contribution in [0.15, 0.2) is 54.7 Å². The molecule has 2 heterocycles. The number of fused-ring (bicyclic) bond motifs is 3. The first-order valence-corrected chi connectivity index (χ1v) is 8.34. The summed E-state index contributed by atoms with van der Waals surface area (Å²) in [5.74, 6) is 1.11. The van der Waals surface area contributed by atoms with Gasteiger partial charge in [0.25, 0.3) is 0 Å². The van der Waals surface area contributed by atoms with Crippen molar-refractivity contribution in [2.75, 3.05) is 14.2 Å². The lowest BCUT2D eigenvalue weighted by Crippen LogP contribution is -2.17. The average molecular weight is 349 g/mol. The second kappa shape index (κ2) is 6.22. The largest absolute Gasteiger partial charge is 0.497 e. The van der Waals surface area contributed by atoms with Crippen LogP contribution in [0.5, 0.6) is 5.75 Å². The van der Waals surface area contributed by atoms with Crippen LogP contribution in [0.25, 0.3) is 28.1 Å². The monoisotopic (exact) mass is 349 g/mol. The third kappa shape index (κ3) is 2.42. The molecule has 1 atom stereocenters. The number of esters is 1. The minimum Gasteiger partial charge on any atom is -0.497 e. The zero-order valence-electron chi connectivity index (χ0n) is 14.8. The first-order chi connectivity index (χ1) is 12.6. The summed E-state index contributed by atoms with van der Waals surface area (Å²) in [5.41, 5.74) is 3.77. The average Bonchev–Trinajstić information content (AvgIpc) is 3.23. The molecule has 6 nitrogen and oxygen atoms in total. The molecule has 0 radical (unpaired) electrons. The Morgan fingerprint density at radius 2 is 1.88 bits per heavy atom. The van der Waals surface area contributed by atoms with Crippen molar-refractivity contribution in [3.8, 4) is 17.0 Å². The number of aromatic nitrogens is 3. The summed E-state index contributed by atoms with van der Waals surface area (Å²) in [5, 5.41) is 0. The Balaban J connectivity index is 2.05. The molecule has 0 bridgehead atoms. The summed E-state index contributed by atoms with van der Waals surface area (Å²) in [6.45, 7) is 1.81. The molecule has 2 aromatic carbocycles. The van der Waals surface area contributed by atoms with E-state index in [0.29, 0.717) is 5.78 Å². The first-order valence-electron chi connectivity index (χ1n) is 8.34. The Labute approximate surface area is 150 Å². The van der Waals surface area contributed by atoms with Gasteiger partial charge in [0.2, 0.25) is 5.78 Å². The maximum absolute atomic E-state index is 12.1. The SMILES string of the molecule is COC(=O)C(C)n1cc(-c2ccccc2)n2c3ccc(OC)cc3nc12. The Morgan fingerprint density at radius 1 is 1.12 bits per heavy atom. The maximum atomic E-state index is 12.1. The second-order valence-corrected chi connectivity index (χ2v) is 6.09. The van der Waals surface area contributed by atoms with E-state index in [9.17, 15) is 4.79 Å². The van der Waals surface area contributed by atoms with Gasteiger partial charge in [0.05, 0.1) is 30.9 Å². The zero-order chi connectivity index (χ0) is 18.3. The van der Waals surface area contributed by atoms with Crippen molar-refractivity contribution in [3.63, 3.8) is 0 Å². The molecular formula is C20H19N3O3. The highest BCUT2D eigenvalue weighted by Crippen LogP contribution is 2.31. The lowest BCUT2D eigenvalue weighted by molar-refractivity contribution is -0.143. The van der Waals surface area contributed by atoms with Crippen LogP contribution < -0.4 is 4.74 Å². The van der Waals surface area contributed by atoms with Crippen LogP contribution in [-0.4, -0.2) is 34.1 Å². The molecule has 1 unspecified atom stereocenters. The number of methoxy groups -OCH3 is 2. The highest BCUT2D eigenvalue weighted by molar-refractivity contribution is 5.85. The lowest BCUT2D eigenvalue weighted by Gasteiger charge is -2.10. The maximum Gasteiger partial charge on any atom is 0.328 e. The van der Waals surface area contributed by atoms with E-state index >= 15 is 0 Å². The normalized spacial score (nSPS) is 12.4. The standard InChI is InChI=1S/C20H19N3O3/c1-13(19(24)26-3)22-12-18(14-7-5-4-6-8-14)23-17-10-9-15(25-2)11-16(17)21-20(22)23/h4-13H,1-3H3. The van der Waals surface area contributed by atoms with E-state index in [1.54, 1.807) is 14.0 Å². The fourth-order valence-electron chi connectivity index (χ4n) is 3.21. The van der Waals surface area contributed by atoms with Crippen molar-refractivity contribution >= 4 is 22.8 Å². The summed E-state index contributed by atoms with van der Waals surface area (Å²) in [6, 6.07) is 15.3. The number of benzene rings is 2. The van der Waals surface area contributed by atoms with E-state index in [4.69, 9.17) is 14.5 Å². The van der Waals surface area contributed by atoms with Gasteiger partial charge in [0.15, 0.2) is 0 Å². The summed E-state index contributed by atoms with van der Waals surface area (Å²) in [4.78, 5) is 16.9. The molecule has 0 fully saturated rings. The highest BCUT2D eigenvalue weighted by atomic mass is 16.5. The van der Waals surface area contributed by atoms with Crippen molar-refractivity contribution < 1.29 is 14.3 Å². The number of nitrogens with zero attached hydrogens (tertiary/aromatic N) is 3. The zero-order valence-corrected chi connectivity index (χ0v) is 14.8. The van der Waals surface area contributed by atoms with Crippen LogP contribution in [0.1, 0.15) is 13.0 Å². The van der Waals surface area contributed by atoms with Crippen molar-refractivity contribution in [1.29, 1.82) is 0 Å². The molecule has 26 heavy (non-hydrogen) atoms. The van der Waals surface area contributed by atoms with Crippen LogP contribution >= 0.6 is 0 Å². The van der Waals surface area contributed by atoms with Gasteiger partial charge >= 0.3 is 5.97 Å². The molecule has 0 aliphatic carbocycles. The van der Waals surface area contributed by atoms with E-state index in [1.807, 2.05) is 59.3 Å². The van der Waals surface area contributed by atoms with E-state index < -0.39 is 6.04 Å². The smallest absolute Gasteiger partial charge is 0.328 e. The minimum atomic E-state index is -0.487. The Bertz CT molecular complexity index is 1100. The fourth-order valence-corrected chi connectivity index (χ4v) is 3.21. The quantitative estimate of drug-likeness (QED) is 0.527. The van der Waals surface area contributed by atoms with Gasteiger partial charge in [-0.15, -0.1) is 0 Å². The van der Waals surface area contributed by atoms with Gasteiger partial charge in [0.1, 0.15) is 11.8 Å². The van der Waals surface area contributed by atoms with Crippen LogP contribution in [0, 0.1) is 0 Å². The molecular weight excluding hydrogens is 330 g/mol. The Morgan fingerprint density at radius 3 is 2.58 bits per heavy atom. The predicted molar refractivity (Wildman–Crippen MR) is 99.4 cm³/mol. The molecule has 0 saturated heterocycles. The molecule has 0 saturated carbocycles. The van der Waals surface area contributed by atoms with Crippen LogP contribution in [0.2, 0.25) is 0 Å². The fraction of sp³-hybridized carbons (Fsp3) is 0.200. The van der Waals surface area contributed by atoms with E-state index in [2.05, 4.69) is 4.40 Å². The topological polar surface area (TPSA) is 57.8 Å². The van der Waals surface area contributed by atoms with Gasteiger partial charge in [-0.2, -0.15) is 0 Å². The van der Waals surface area contributed by atoms with Gasteiger partial charge in [0, 0.05) is 17.8 Å². The molecule has 0 spiro atoms. The number of hydrogen-bond donors (Lipinski definition) is 0. The third-order valence-electron chi connectivity index (χ3n) is 4.61. The predicted octanol–water partition coefficient (Wildman–Crippen LogP) is 3.70. The van der Waals surface area contributed by atoms with Crippen molar-refractivity contribution in [2.24, 2.45) is 0 Å². The summed E-state index contributed by atoms with van der Waals surface area (Å²) in [7, 11) is 3.02. The van der Waals surface area contributed by atoms with E-state index in [0.717, 1.165) is 28.0 Å². The van der Waals surface area contributed by atoms with Gasteiger partial charge in [-0.05, 0) is 19.1 Å². The summed E-state index contributed by atoms with van der Waals surface area (Å²) >= 11 is 0. The number of carbonyl (C=O) groups excluding carboxylic acids is 1. The molecule has 0 aliphatic heterocycles. The van der Waals surface area contributed by atoms with Crippen LogP contribution in [-0.2, 0) is 9.53 Å². The minimum absolute atomic E-state index is 0.313. The number of ether oxygens (including phenoxy) is 2. The first kappa shape index (κ1) is 16.2. The molecule has 0 aliphatic rings. The van der Waals surface area contributed by atoms with E-state index in [1.165, 1.54) is 7.11 Å². The molecule has 4 aromatic rings. The molecule has 0 amide bonds. The van der Waals surface area contributed by atoms with Gasteiger partial charge in [-0.3, -0.25) is 4.40 Å². The Kier molecular flexibility index (Phi) is 3.88. The molecule has 4 rings (SSSR count). The van der Waals surface area contributed by atoms with Crippen LogP contribution in [0.4, 0.5) is 0 Å². The number of hydrogen-bond acceptors (Lipinski definition) is 4. The van der Waals surface area contributed by atoms with Gasteiger partial charge < -0.3 is 14.0 Å². The molecule has 132 valence electrons. The summed E-state index contributed by atoms with van der Waals surface area (Å²) < 4.78 is 14.1. The number of rotatable bonds is 4.